The molecule has 0 aliphatic rings. The molecule has 0 nitrogen and oxygen atoms in total. The maximum atomic E-state index is 12.4. The Morgan fingerprint density at radius 1 is 1.12 bits per heavy atom. The molecular weight excluding hydrogens is 240 g/mol. The van der Waals surface area contributed by atoms with E-state index in [0.717, 1.165) is 12.0 Å². The minimum absolute atomic E-state index is 0.432. The Hall–Kier alpha value is -0.458. The average Bonchev–Trinajstić information content (AvgIpc) is 2.18. The minimum Gasteiger partial charge on any atom is -0.171 e. The molecule has 1 aromatic carbocycles. The second-order valence-corrected chi connectivity index (χ2v) is 8.61. The van der Waals surface area contributed by atoms with Gasteiger partial charge in [0.2, 0.25) is 0 Å². The predicted molar refractivity (Wildman–Crippen MR) is 66.8 cm³/mol. The highest BCUT2D eigenvalue weighted by molar-refractivity contribution is 6.57. The Labute approximate surface area is 105 Å². The summed E-state index contributed by atoms with van der Waals surface area (Å²) in [7, 11) is 0. The number of halogens is 3. The van der Waals surface area contributed by atoms with Crippen molar-refractivity contribution in [1.29, 1.82) is 0 Å². The first-order valence-corrected chi connectivity index (χ1v) is 8.90. The summed E-state index contributed by atoms with van der Waals surface area (Å²) < 4.78 is 37.8. The Morgan fingerprint density at radius 2 is 1.65 bits per heavy atom. The van der Waals surface area contributed by atoms with E-state index >= 15 is 0 Å². The van der Waals surface area contributed by atoms with E-state index in [0.29, 0.717) is 10.3 Å². The smallest absolute Gasteiger partial charge is 0.171 e. The number of rotatable bonds is 4. The van der Waals surface area contributed by atoms with E-state index < -0.39 is 26.7 Å². The zero-order valence-corrected chi connectivity index (χ0v) is 11.7. The molecule has 0 N–H and O–H groups in total. The van der Waals surface area contributed by atoms with Crippen LogP contribution in [0.3, 0.4) is 0 Å². The molecule has 1 unspecified atom stereocenters. The molecule has 0 radical (unpaired) electrons. The van der Waals surface area contributed by atoms with Crippen LogP contribution in [-0.4, -0.2) is 20.3 Å². The van der Waals surface area contributed by atoms with Gasteiger partial charge in [-0.05, 0) is 17.5 Å². The lowest BCUT2D eigenvalue weighted by Gasteiger charge is -2.16. The fourth-order valence-electron chi connectivity index (χ4n) is 1.73. The van der Waals surface area contributed by atoms with Gasteiger partial charge in [-0.25, -0.2) is 0 Å². The molecule has 0 spiro atoms. The monoisotopic (exact) mass is 258 g/mol. The van der Waals surface area contributed by atoms with E-state index in [1.165, 1.54) is 0 Å². The van der Waals surface area contributed by atoms with E-state index in [4.69, 9.17) is 0 Å². The van der Waals surface area contributed by atoms with Gasteiger partial charge in [-0.15, -0.1) is 11.6 Å². The summed E-state index contributed by atoms with van der Waals surface area (Å²) in [5.41, 5.74) is 1.29. The largest absolute Gasteiger partial charge is 0.393 e. The van der Waals surface area contributed by atoms with Crippen LogP contribution in [-0.2, 0) is 12.8 Å². The molecule has 0 aliphatic heterocycles. The van der Waals surface area contributed by atoms with E-state index in [1.807, 2.05) is 12.1 Å². The Morgan fingerprint density at radius 3 is 2.12 bits per heavy atom. The van der Waals surface area contributed by atoms with Crippen molar-refractivity contribution in [3.63, 3.8) is 0 Å². The lowest BCUT2D eigenvalue weighted by molar-refractivity contribution is -0.127. The summed E-state index contributed by atoms with van der Waals surface area (Å²) in [4.78, 5) is 0. The lowest BCUT2D eigenvalue weighted by atomic mass is 10.0. The Bertz CT molecular complexity index is 358. The van der Waals surface area contributed by atoms with Crippen molar-refractivity contribution in [1.82, 2.24) is 0 Å². The third-order valence-corrected chi connectivity index (χ3v) is 5.70. The van der Waals surface area contributed by atoms with Crippen LogP contribution in [0.5, 0.6) is 0 Å². The van der Waals surface area contributed by atoms with Gasteiger partial charge in [-0.1, -0.05) is 36.0 Å². The molecule has 4 heteroatoms. The van der Waals surface area contributed by atoms with Crippen molar-refractivity contribution < 1.29 is 13.2 Å². The van der Waals surface area contributed by atoms with Gasteiger partial charge in [0.05, 0.1) is 6.42 Å². The van der Waals surface area contributed by atoms with Crippen molar-refractivity contribution in [2.45, 2.75) is 42.3 Å². The molecule has 1 aromatic rings. The summed E-state index contributed by atoms with van der Waals surface area (Å²) in [6, 6.07) is 6.93. The maximum absolute atomic E-state index is 12.4. The van der Waals surface area contributed by atoms with Gasteiger partial charge in [0.1, 0.15) is 0 Å². The molecule has 0 heterocycles. The number of hydrogen-bond acceptors (Lipinski definition) is 0. The number of alkyl halides is 3. The molecule has 0 bridgehead atoms. The van der Waals surface area contributed by atoms with Gasteiger partial charge in [0.15, 0.2) is 0 Å². The topological polar surface area (TPSA) is 0 Å². The molecule has 0 aromatic heterocycles. The van der Waals surface area contributed by atoms with Gasteiger partial charge >= 0.3 is 6.18 Å². The molecule has 0 aliphatic carbocycles. The van der Waals surface area contributed by atoms with E-state index in [-0.39, 0.29) is 0 Å². The van der Waals surface area contributed by atoms with Crippen LogP contribution < -0.4 is 0 Å². The summed E-state index contributed by atoms with van der Waals surface area (Å²) in [5.74, 6) is 4.47. The second-order valence-electron chi connectivity index (χ2n) is 4.99. The summed E-state index contributed by atoms with van der Waals surface area (Å²) in [6.45, 7) is 2.14. The van der Waals surface area contributed by atoms with Crippen LogP contribution in [0.25, 0.3) is 0 Å². The zero-order chi connectivity index (χ0) is 13.1. The van der Waals surface area contributed by atoms with Crippen molar-refractivity contribution >= 4 is 14.1 Å². The first kappa shape index (κ1) is 14.6. The number of benzene rings is 1. The Balaban J connectivity index is 2.85. The van der Waals surface area contributed by atoms with Gasteiger partial charge < -0.3 is 0 Å². The van der Waals surface area contributed by atoms with Crippen LogP contribution in [0.4, 0.5) is 13.2 Å². The van der Waals surface area contributed by atoms with Crippen molar-refractivity contribution in [3.05, 3.63) is 35.4 Å². The van der Waals surface area contributed by atoms with E-state index in [1.54, 1.807) is 12.1 Å². The summed E-state index contributed by atoms with van der Waals surface area (Å²) in [5, 5.41) is 0. The highest BCUT2D eigenvalue weighted by Crippen LogP contribution is 2.26. The van der Waals surface area contributed by atoms with Crippen molar-refractivity contribution in [2.24, 2.45) is 0 Å². The standard InChI is InChI=1S/C11H12F3.2CH3.Al/c1-2-5-9-6-3-4-7-10(9)8-11(12,13)14;;;/h2-4,6-7H,5,8H2,1H3;2*1H3;. The van der Waals surface area contributed by atoms with Crippen LogP contribution in [0.2, 0.25) is 16.4 Å². The van der Waals surface area contributed by atoms with Gasteiger partial charge in [0.25, 0.3) is 14.1 Å². The SMILES string of the molecule is C[CH](Cc1ccccc1CC(F)(F)F)[Al]([CH3])[CH3]. The molecule has 17 heavy (non-hydrogen) atoms. The highest BCUT2D eigenvalue weighted by Gasteiger charge is 2.29. The Kier molecular flexibility index (Phi) is 5.09. The zero-order valence-electron chi connectivity index (χ0n) is 10.5. The fourth-order valence-corrected chi connectivity index (χ4v) is 2.45. The quantitative estimate of drug-likeness (QED) is 0.698. The van der Waals surface area contributed by atoms with Crippen molar-refractivity contribution in [2.75, 3.05) is 0 Å². The lowest BCUT2D eigenvalue weighted by Crippen LogP contribution is -2.16. The van der Waals surface area contributed by atoms with Gasteiger partial charge in [-0.3, -0.25) is 0 Å². The first-order valence-electron chi connectivity index (χ1n) is 5.93. The molecular formula is C13H18AlF3. The third kappa shape index (κ3) is 5.14. The maximum Gasteiger partial charge on any atom is 0.393 e. The van der Waals surface area contributed by atoms with E-state index in [9.17, 15) is 13.2 Å². The van der Waals surface area contributed by atoms with Crippen LogP contribution in [0.15, 0.2) is 24.3 Å². The summed E-state index contributed by atoms with van der Waals surface area (Å²) >= 11 is -0.789. The molecule has 94 valence electrons. The molecule has 1 atom stereocenters. The van der Waals surface area contributed by atoms with Crippen molar-refractivity contribution in [3.8, 4) is 0 Å². The molecule has 0 fully saturated rings. The van der Waals surface area contributed by atoms with Crippen LogP contribution in [0.1, 0.15) is 18.1 Å². The molecule has 0 saturated heterocycles. The molecule has 1 rings (SSSR count). The minimum atomic E-state index is -4.12. The van der Waals surface area contributed by atoms with Crippen LogP contribution in [0, 0.1) is 0 Å². The molecule has 0 amide bonds. The third-order valence-electron chi connectivity index (χ3n) is 3.19. The van der Waals surface area contributed by atoms with E-state index in [2.05, 4.69) is 18.5 Å². The number of hydrogen-bond donors (Lipinski definition) is 0. The van der Waals surface area contributed by atoms with Gasteiger partial charge in [0, 0.05) is 0 Å². The average molecular weight is 258 g/mol. The first-order chi connectivity index (χ1) is 7.79. The summed E-state index contributed by atoms with van der Waals surface area (Å²) in [6.07, 6.45) is -4.15. The predicted octanol–water partition coefficient (Wildman–Crippen LogP) is 4.48. The highest BCUT2D eigenvalue weighted by atomic mass is 27.2. The normalized spacial score (nSPS) is 13.5. The fraction of sp³-hybridized carbons (Fsp3) is 0.538. The second kappa shape index (κ2) is 5.93. The van der Waals surface area contributed by atoms with Gasteiger partial charge in [-0.2, -0.15) is 13.2 Å². The molecule has 0 saturated carbocycles. The van der Waals surface area contributed by atoms with Crippen LogP contribution >= 0.6 is 0 Å².